The molecule has 0 radical (unpaired) electrons. The second kappa shape index (κ2) is 3.68. The van der Waals surface area contributed by atoms with E-state index in [-0.39, 0.29) is 17.2 Å². The maximum atomic E-state index is 12.5. The lowest BCUT2D eigenvalue weighted by Gasteiger charge is -2.06. The molecule has 0 aliphatic heterocycles. The number of halogens is 4. The Balaban J connectivity index is 2.67. The van der Waals surface area contributed by atoms with Crippen LogP contribution in [0.25, 0.3) is 11.0 Å². The number of furan rings is 1. The molecule has 0 unspecified atom stereocenters. The zero-order valence-electron chi connectivity index (χ0n) is 7.94. The molecule has 1 aromatic carbocycles. The molecular weight excluding hydrogens is 243 g/mol. The molecule has 2 nitrogen and oxygen atoms in total. The lowest BCUT2D eigenvalue weighted by atomic mass is 10.1. The minimum Gasteiger partial charge on any atom is -0.458 e. The van der Waals surface area contributed by atoms with Crippen molar-refractivity contribution >= 4 is 22.6 Å². The molecule has 0 aliphatic rings. The molecule has 0 aliphatic carbocycles. The summed E-state index contributed by atoms with van der Waals surface area (Å²) in [4.78, 5) is 0. The van der Waals surface area contributed by atoms with Crippen molar-refractivity contribution in [2.75, 3.05) is 0 Å². The van der Waals surface area contributed by atoms with Crippen LogP contribution >= 0.6 is 11.6 Å². The molecule has 0 saturated heterocycles. The van der Waals surface area contributed by atoms with Gasteiger partial charge in [0, 0.05) is 5.39 Å². The molecule has 1 heterocycles. The number of rotatable bonds is 1. The number of hydrogen-bond donors (Lipinski definition) is 1. The number of fused-ring (bicyclic) bond motifs is 1. The Morgan fingerprint density at radius 2 is 1.94 bits per heavy atom. The average Bonchev–Trinajstić information content (AvgIpc) is 2.59. The highest BCUT2D eigenvalue weighted by Crippen LogP contribution is 2.36. The van der Waals surface area contributed by atoms with Crippen LogP contribution in [0.4, 0.5) is 13.2 Å². The van der Waals surface area contributed by atoms with Crippen LogP contribution in [0.15, 0.2) is 22.6 Å². The lowest BCUT2D eigenvalue weighted by Crippen LogP contribution is -2.04. The highest BCUT2D eigenvalue weighted by molar-refractivity contribution is 6.34. The van der Waals surface area contributed by atoms with Gasteiger partial charge in [-0.1, -0.05) is 11.6 Å². The Labute approximate surface area is 93.8 Å². The highest BCUT2D eigenvalue weighted by Gasteiger charge is 2.31. The van der Waals surface area contributed by atoms with E-state index in [0.717, 1.165) is 12.1 Å². The van der Waals surface area contributed by atoms with Crippen molar-refractivity contribution in [2.45, 2.75) is 12.7 Å². The van der Waals surface area contributed by atoms with Crippen LogP contribution < -0.4 is 5.73 Å². The molecule has 0 saturated carbocycles. The summed E-state index contributed by atoms with van der Waals surface area (Å²) >= 11 is 5.70. The summed E-state index contributed by atoms with van der Waals surface area (Å²) in [6.45, 7) is 0.117. The standard InChI is InChI=1S/C10H7ClF3NO/c11-8-3-6(10(12,13)14)1-5-2-7(4-15)16-9(5)8/h1-3H,4,15H2. The quantitative estimate of drug-likeness (QED) is 0.839. The topological polar surface area (TPSA) is 39.2 Å². The van der Waals surface area contributed by atoms with E-state index in [2.05, 4.69) is 0 Å². The first-order valence-corrected chi connectivity index (χ1v) is 4.79. The van der Waals surface area contributed by atoms with E-state index in [0.29, 0.717) is 11.1 Å². The fourth-order valence-corrected chi connectivity index (χ4v) is 1.69. The molecule has 6 heteroatoms. The van der Waals surface area contributed by atoms with E-state index in [1.54, 1.807) is 0 Å². The van der Waals surface area contributed by atoms with E-state index < -0.39 is 11.7 Å². The van der Waals surface area contributed by atoms with Crippen molar-refractivity contribution in [3.8, 4) is 0 Å². The summed E-state index contributed by atoms with van der Waals surface area (Å²) in [6.07, 6.45) is -4.42. The van der Waals surface area contributed by atoms with E-state index >= 15 is 0 Å². The summed E-state index contributed by atoms with van der Waals surface area (Å²) in [5.41, 5.74) is 4.76. The molecule has 2 aromatic rings. The molecule has 2 rings (SSSR count). The summed E-state index contributed by atoms with van der Waals surface area (Å²) in [7, 11) is 0. The van der Waals surface area contributed by atoms with Gasteiger partial charge < -0.3 is 10.2 Å². The third kappa shape index (κ3) is 1.88. The molecular formula is C10H7ClF3NO. The first kappa shape index (κ1) is 11.3. The molecule has 0 amide bonds. The van der Waals surface area contributed by atoms with Gasteiger partial charge in [-0.05, 0) is 18.2 Å². The fraction of sp³-hybridized carbons (Fsp3) is 0.200. The van der Waals surface area contributed by atoms with Crippen LogP contribution in [-0.4, -0.2) is 0 Å². The average molecular weight is 250 g/mol. The first-order chi connectivity index (χ1) is 7.41. The molecule has 1 aromatic heterocycles. The number of benzene rings is 1. The van der Waals surface area contributed by atoms with Gasteiger partial charge in [0.15, 0.2) is 5.58 Å². The molecule has 86 valence electrons. The van der Waals surface area contributed by atoms with Gasteiger partial charge in [0.1, 0.15) is 5.76 Å². The van der Waals surface area contributed by atoms with Crippen LogP contribution in [0.2, 0.25) is 5.02 Å². The highest BCUT2D eigenvalue weighted by atomic mass is 35.5. The SMILES string of the molecule is NCc1cc2cc(C(F)(F)F)cc(Cl)c2o1. The van der Waals surface area contributed by atoms with Crippen LogP contribution in [0, 0.1) is 0 Å². The third-order valence-corrected chi connectivity index (χ3v) is 2.43. The summed E-state index contributed by atoms with van der Waals surface area (Å²) in [6, 6.07) is 3.29. The first-order valence-electron chi connectivity index (χ1n) is 4.41. The summed E-state index contributed by atoms with van der Waals surface area (Å²) < 4.78 is 42.6. The number of alkyl halides is 3. The molecule has 0 fully saturated rings. The third-order valence-electron chi connectivity index (χ3n) is 2.15. The van der Waals surface area contributed by atoms with Crippen LogP contribution in [0.3, 0.4) is 0 Å². The van der Waals surface area contributed by atoms with Gasteiger partial charge in [0.05, 0.1) is 17.1 Å². The summed E-state index contributed by atoms with van der Waals surface area (Å²) in [5.74, 6) is 0.399. The lowest BCUT2D eigenvalue weighted by molar-refractivity contribution is -0.137. The molecule has 0 spiro atoms. The molecule has 0 atom stereocenters. The zero-order chi connectivity index (χ0) is 11.9. The minimum atomic E-state index is -4.42. The second-order valence-electron chi connectivity index (χ2n) is 3.29. The van der Waals surface area contributed by atoms with E-state index in [1.165, 1.54) is 6.07 Å². The zero-order valence-corrected chi connectivity index (χ0v) is 8.69. The Kier molecular flexibility index (Phi) is 2.59. The van der Waals surface area contributed by atoms with Gasteiger partial charge in [-0.15, -0.1) is 0 Å². The van der Waals surface area contributed by atoms with Gasteiger partial charge in [0.25, 0.3) is 0 Å². The maximum Gasteiger partial charge on any atom is 0.416 e. The van der Waals surface area contributed by atoms with Gasteiger partial charge >= 0.3 is 6.18 Å². The van der Waals surface area contributed by atoms with Crippen molar-refractivity contribution in [2.24, 2.45) is 5.73 Å². The van der Waals surface area contributed by atoms with Gasteiger partial charge in [-0.25, -0.2) is 0 Å². The fourth-order valence-electron chi connectivity index (χ4n) is 1.43. The van der Waals surface area contributed by atoms with Crippen LogP contribution in [-0.2, 0) is 12.7 Å². The smallest absolute Gasteiger partial charge is 0.416 e. The van der Waals surface area contributed by atoms with Gasteiger partial charge in [-0.3, -0.25) is 0 Å². The second-order valence-corrected chi connectivity index (χ2v) is 3.70. The Morgan fingerprint density at radius 1 is 1.25 bits per heavy atom. The molecule has 16 heavy (non-hydrogen) atoms. The van der Waals surface area contributed by atoms with Crippen molar-refractivity contribution in [3.05, 3.63) is 34.5 Å². The van der Waals surface area contributed by atoms with E-state index in [4.69, 9.17) is 21.8 Å². The van der Waals surface area contributed by atoms with Crippen molar-refractivity contribution < 1.29 is 17.6 Å². The van der Waals surface area contributed by atoms with Gasteiger partial charge in [0.2, 0.25) is 0 Å². The van der Waals surface area contributed by atoms with E-state index in [9.17, 15) is 13.2 Å². The van der Waals surface area contributed by atoms with Crippen molar-refractivity contribution in [1.29, 1.82) is 0 Å². The Morgan fingerprint density at radius 3 is 2.50 bits per heavy atom. The Bertz CT molecular complexity index is 533. The van der Waals surface area contributed by atoms with Crippen LogP contribution in [0.5, 0.6) is 0 Å². The van der Waals surface area contributed by atoms with Crippen molar-refractivity contribution in [3.63, 3.8) is 0 Å². The van der Waals surface area contributed by atoms with E-state index in [1.807, 2.05) is 0 Å². The normalized spacial score (nSPS) is 12.3. The monoisotopic (exact) mass is 249 g/mol. The number of hydrogen-bond acceptors (Lipinski definition) is 2. The predicted molar refractivity (Wildman–Crippen MR) is 54.1 cm³/mol. The molecule has 0 bridgehead atoms. The largest absolute Gasteiger partial charge is 0.458 e. The molecule has 2 N–H and O–H groups in total. The van der Waals surface area contributed by atoms with Gasteiger partial charge in [-0.2, -0.15) is 13.2 Å². The summed E-state index contributed by atoms with van der Waals surface area (Å²) in [5, 5.41) is 0.241. The predicted octanol–water partition coefficient (Wildman–Crippen LogP) is 3.56. The minimum absolute atomic E-state index is 0.0653. The maximum absolute atomic E-state index is 12.5. The number of nitrogens with two attached hydrogens (primary N) is 1. The Hall–Kier alpha value is -1.20. The van der Waals surface area contributed by atoms with Crippen LogP contribution in [0.1, 0.15) is 11.3 Å². The van der Waals surface area contributed by atoms with Crippen molar-refractivity contribution in [1.82, 2.24) is 0 Å².